The van der Waals surface area contributed by atoms with Crippen molar-refractivity contribution in [2.75, 3.05) is 19.7 Å². The van der Waals surface area contributed by atoms with E-state index in [2.05, 4.69) is 54.3 Å². The van der Waals surface area contributed by atoms with Gasteiger partial charge in [-0.15, -0.1) is 0 Å². The van der Waals surface area contributed by atoms with Crippen molar-refractivity contribution in [2.24, 2.45) is 0 Å². The standard InChI is InChI=1S/C17H21NO/c1-14(18-10-4-5-11-18)13-19-17-9-8-15-6-2-3-7-16(15)12-17/h2-3,6-9,12,14H,4-5,10-11,13H2,1H3/t14-/m1/s1. The Balaban J connectivity index is 1.64. The molecule has 3 rings (SSSR count). The van der Waals surface area contributed by atoms with Crippen LogP contribution in [-0.2, 0) is 0 Å². The maximum absolute atomic E-state index is 5.95. The molecule has 0 saturated carbocycles. The van der Waals surface area contributed by atoms with Gasteiger partial charge in [-0.25, -0.2) is 0 Å². The smallest absolute Gasteiger partial charge is 0.120 e. The van der Waals surface area contributed by atoms with Crippen molar-refractivity contribution in [3.63, 3.8) is 0 Å². The van der Waals surface area contributed by atoms with Gasteiger partial charge < -0.3 is 4.74 Å². The van der Waals surface area contributed by atoms with E-state index in [1.54, 1.807) is 0 Å². The minimum Gasteiger partial charge on any atom is -0.492 e. The van der Waals surface area contributed by atoms with E-state index in [9.17, 15) is 0 Å². The summed E-state index contributed by atoms with van der Waals surface area (Å²) in [5.74, 6) is 0.977. The van der Waals surface area contributed by atoms with Gasteiger partial charge in [0.05, 0.1) is 0 Å². The van der Waals surface area contributed by atoms with E-state index in [-0.39, 0.29) is 0 Å². The average Bonchev–Trinajstić information content (AvgIpc) is 2.99. The number of nitrogens with zero attached hydrogens (tertiary/aromatic N) is 1. The van der Waals surface area contributed by atoms with Crippen LogP contribution in [0.5, 0.6) is 5.75 Å². The molecule has 19 heavy (non-hydrogen) atoms. The maximum Gasteiger partial charge on any atom is 0.120 e. The quantitative estimate of drug-likeness (QED) is 0.826. The predicted octanol–water partition coefficient (Wildman–Crippen LogP) is 3.70. The third-order valence-corrected chi connectivity index (χ3v) is 3.98. The number of fused-ring (bicyclic) bond motifs is 1. The first-order chi connectivity index (χ1) is 9.33. The lowest BCUT2D eigenvalue weighted by molar-refractivity contribution is 0.173. The number of hydrogen-bond acceptors (Lipinski definition) is 2. The molecule has 0 spiro atoms. The Hall–Kier alpha value is -1.54. The van der Waals surface area contributed by atoms with Gasteiger partial charge >= 0.3 is 0 Å². The molecule has 2 aromatic rings. The van der Waals surface area contributed by atoms with Gasteiger partial charge in [0.2, 0.25) is 0 Å². The summed E-state index contributed by atoms with van der Waals surface area (Å²) in [5.41, 5.74) is 0. The van der Waals surface area contributed by atoms with Crippen molar-refractivity contribution in [3.8, 4) is 5.75 Å². The van der Waals surface area contributed by atoms with E-state index in [0.717, 1.165) is 12.4 Å². The van der Waals surface area contributed by atoms with Crippen molar-refractivity contribution < 1.29 is 4.74 Å². The highest BCUT2D eigenvalue weighted by atomic mass is 16.5. The van der Waals surface area contributed by atoms with Crippen molar-refractivity contribution in [1.82, 2.24) is 4.90 Å². The first-order valence-corrected chi connectivity index (χ1v) is 7.18. The summed E-state index contributed by atoms with van der Waals surface area (Å²) >= 11 is 0. The second-order valence-electron chi connectivity index (χ2n) is 5.41. The molecule has 0 aromatic heterocycles. The highest BCUT2D eigenvalue weighted by Gasteiger charge is 2.18. The van der Waals surface area contributed by atoms with Crippen molar-refractivity contribution >= 4 is 10.8 Å². The molecule has 1 fully saturated rings. The second kappa shape index (κ2) is 5.62. The number of ether oxygens (including phenoxy) is 1. The Morgan fingerprint density at radius 2 is 1.79 bits per heavy atom. The summed E-state index contributed by atoms with van der Waals surface area (Å²) < 4.78 is 5.95. The Bertz CT molecular complexity index is 546. The maximum atomic E-state index is 5.95. The van der Waals surface area contributed by atoms with E-state index in [1.165, 1.54) is 36.7 Å². The summed E-state index contributed by atoms with van der Waals surface area (Å²) in [4.78, 5) is 2.51. The number of rotatable bonds is 4. The Morgan fingerprint density at radius 3 is 2.58 bits per heavy atom. The van der Waals surface area contributed by atoms with Gasteiger partial charge in [0.15, 0.2) is 0 Å². The molecular weight excluding hydrogens is 234 g/mol. The molecule has 2 aromatic carbocycles. The van der Waals surface area contributed by atoms with Gasteiger partial charge in [0.1, 0.15) is 12.4 Å². The normalized spacial score (nSPS) is 17.7. The molecule has 0 bridgehead atoms. The lowest BCUT2D eigenvalue weighted by Gasteiger charge is -2.23. The molecular formula is C17H21NO. The van der Waals surface area contributed by atoms with Crippen LogP contribution in [0.2, 0.25) is 0 Å². The van der Waals surface area contributed by atoms with Gasteiger partial charge in [-0.3, -0.25) is 4.90 Å². The molecule has 1 aliphatic rings. The summed E-state index contributed by atoms with van der Waals surface area (Å²) in [6.45, 7) is 5.48. The zero-order valence-corrected chi connectivity index (χ0v) is 11.5. The molecule has 100 valence electrons. The largest absolute Gasteiger partial charge is 0.492 e. The first-order valence-electron chi connectivity index (χ1n) is 7.18. The average molecular weight is 255 g/mol. The number of likely N-dealkylation sites (tertiary alicyclic amines) is 1. The van der Waals surface area contributed by atoms with Crippen LogP contribution in [0.3, 0.4) is 0 Å². The molecule has 1 saturated heterocycles. The van der Waals surface area contributed by atoms with Gasteiger partial charge in [-0.05, 0) is 55.8 Å². The third kappa shape index (κ3) is 2.90. The van der Waals surface area contributed by atoms with Gasteiger partial charge in [-0.1, -0.05) is 30.3 Å². The Morgan fingerprint density at radius 1 is 1.05 bits per heavy atom. The summed E-state index contributed by atoms with van der Waals surface area (Å²) in [5, 5.41) is 2.51. The molecule has 2 heteroatoms. The van der Waals surface area contributed by atoms with Crippen LogP contribution in [0.15, 0.2) is 42.5 Å². The van der Waals surface area contributed by atoms with Crippen LogP contribution >= 0.6 is 0 Å². The van der Waals surface area contributed by atoms with Crippen LogP contribution in [0.4, 0.5) is 0 Å². The highest BCUT2D eigenvalue weighted by Crippen LogP contribution is 2.21. The van der Waals surface area contributed by atoms with E-state index >= 15 is 0 Å². The van der Waals surface area contributed by atoms with E-state index in [4.69, 9.17) is 4.74 Å². The summed E-state index contributed by atoms with van der Waals surface area (Å²) in [6, 6.07) is 15.2. The lowest BCUT2D eigenvalue weighted by atomic mass is 10.1. The number of hydrogen-bond donors (Lipinski definition) is 0. The first kappa shape index (κ1) is 12.5. The van der Waals surface area contributed by atoms with Crippen LogP contribution < -0.4 is 4.74 Å². The highest BCUT2D eigenvalue weighted by molar-refractivity contribution is 5.83. The molecule has 0 N–H and O–H groups in total. The number of benzene rings is 2. The van der Waals surface area contributed by atoms with Crippen LogP contribution in [0, 0.1) is 0 Å². The molecule has 1 atom stereocenters. The molecule has 1 heterocycles. The zero-order chi connectivity index (χ0) is 13.1. The van der Waals surface area contributed by atoms with E-state index < -0.39 is 0 Å². The van der Waals surface area contributed by atoms with Gasteiger partial charge in [0, 0.05) is 6.04 Å². The summed E-state index contributed by atoms with van der Waals surface area (Å²) in [6.07, 6.45) is 2.67. The minimum atomic E-state index is 0.508. The lowest BCUT2D eigenvalue weighted by Crippen LogP contribution is -2.34. The Labute approximate surface area is 115 Å². The van der Waals surface area contributed by atoms with Crippen molar-refractivity contribution in [2.45, 2.75) is 25.8 Å². The monoisotopic (exact) mass is 255 g/mol. The SMILES string of the molecule is C[C@H](COc1ccc2ccccc2c1)N1CCCC1. The topological polar surface area (TPSA) is 12.5 Å². The fourth-order valence-electron chi connectivity index (χ4n) is 2.76. The fraction of sp³-hybridized carbons (Fsp3) is 0.412. The van der Waals surface area contributed by atoms with Crippen LogP contribution in [0.25, 0.3) is 10.8 Å². The third-order valence-electron chi connectivity index (χ3n) is 3.98. The molecule has 0 unspecified atom stereocenters. The van der Waals surface area contributed by atoms with Gasteiger partial charge in [-0.2, -0.15) is 0 Å². The molecule has 0 radical (unpaired) electrons. The fourth-order valence-corrected chi connectivity index (χ4v) is 2.76. The molecule has 0 amide bonds. The predicted molar refractivity (Wildman–Crippen MR) is 79.7 cm³/mol. The van der Waals surface area contributed by atoms with Crippen LogP contribution in [-0.4, -0.2) is 30.6 Å². The molecule has 0 aliphatic carbocycles. The van der Waals surface area contributed by atoms with E-state index in [1.807, 2.05) is 0 Å². The van der Waals surface area contributed by atoms with Crippen molar-refractivity contribution in [1.29, 1.82) is 0 Å². The van der Waals surface area contributed by atoms with E-state index in [0.29, 0.717) is 6.04 Å². The Kier molecular flexibility index (Phi) is 3.69. The zero-order valence-electron chi connectivity index (χ0n) is 11.5. The summed E-state index contributed by atoms with van der Waals surface area (Å²) in [7, 11) is 0. The van der Waals surface area contributed by atoms with Crippen molar-refractivity contribution in [3.05, 3.63) is 42.5 Å². The molecule has 2 nitrogen and oxygen atoms in total. The second-order valence-corrected chi connectivity index (χ2v) is 5.41. The molecule has 1 aliphatic heterocycles. The van der Waals surface area contributed by atoms with Crippen LogP contribution in [0.1, 0.15) is 19.8 Å². The van der Waals surface area contributed by atoms with Gasteiger partial charge in [0.25, 0.3) is 0 Å². The minimum absolute atomic E-state index is 0.508.